The fourth-order valence-corrected chi connectivity index (χ4v) is 6.40. The van der Waals surface area contributed by atoms with Gasteiger partial charge in [-0.2, -0.15) is 0 Å². The molecule has 228 valence electrons. The van der Waals surface area contributed by atoms with Crippen molar-refractivity contribution in [3.63, 3.8) is 0 Å². The van der Waals surface area contributed by atoms with Crippen LogP contribution in [-0.4, -0.2) is 68.8 Å². The highest BCUT2D eigenvalue weighted by atomic mass is 32.2. The molecule has 1 fully saturated rings. The second-order valence-electron chi connectivity index (χ2n) is 11.3. The number of aliphatic hydroxyl groups is 1. The number of phenols is 1. The summed E-state index contributed by atoms with van der Waals surface area (Å²) in [5, 5.41) is 27.6. The van der Waals surface area contributed by atoms with Gasteiger partial charge in [0.1, 0.15) is 17.5 Å². The van der Waals surface area contributed by atoms with Crippen LogP contribution < -0.4 is 15.4 Å². The van der Waals surface area contributed by atoms with Crippen LogP contribution in [0.3, 0.4) is 0 Å². The van der Waals surface area contributed by atoms with E-state index in [-0.39, 0.29) is 36.1 Å². The first-order chi connectivity index (χ1) is 20.4. The summed E-state index contributed by atoms with van der Waals surface area (Å²) in [5.41, 5.74) is 2.94. The van der Waals surface area contributed by atoms with Gasteiger partial charge in [0.25, 0.3) is 11.8 Å². The molecular weight excluding hydrogens is 566 g/mol. The van der Waals surface area contributed by atoms with E-state index < -0.39 is 34.7 Å². The van der Waals surface area contributed by atoms with Crippen molar-refractivity contribution in [2.45, 2.75) is 63.6 Å². The van der Waals surface area contributed by atoms with E-state index in [1.165, 1.54) is 16.7 Å². The molecule has 4 N–H and O–H groups in total. The minimum absolute atomic E-state index is 0.0167. The molecule has 1 aliphatic heterocycles. The van der Waals surface area contributed by atoms with Gasteiger partial charge in [0, 0.05) is 22.4 Å². The van der Waals surface area contributed by atoms with E-state index in [9.17, 15) is 24.6 Å². The molecule has 1 saturated heterocycles. The number of aromatic hydroxyl groups is 1. The molecule has 3 aromatic rings. The summed E-state index contributed by atoms with van der Waals surface area (Å²) in [7, 11) is 1.57. The van der Waals surface area contributed by atoms with Crippen LogP contribution in [0.5, 0.6) is 11.5 Å². The van der Waals surface area contributed by atoms with E-state index >= 15 is 0 Å². The number of hydrogen-bond acceptors (Lipinski definition) is 7. The van der Waals surface area contributed by atoms with Gasteiger partial charge in [-0.25, -0.2) is 0 Å². The summed E-state index contributed by atoms with van der Waals surface area (Å²) in [6.07, 6.45) is -1.46. The first-order valence-electron chi connectivity index (χ1n) is 14.1. The number of aliphatic hydroxyl groups excluding tert-OH is 1. The predicted molar refractivity (Wildman–Crippen MR) is 167 cm³/mol. The second kappa shape index (κ2) is 13.5. The van der Waals surface area contributed by atoms with Crippen LogP contribution >= 0.6 is 11.8 Å². The molecule has 0 radical (unpaired) electrons. The minimum atomic E-state index is -1.63. The summed E-state index contributed by atoms with van der Waals surface area (Å²) in [6.45, 7) is 7.41. The van der Waals surface area contributed by atoms with Crippen molar-refractivity contribution in [1.29, 1.82) is 0 Å². The van der Waals surface area contributed by atoms with Crippen LogP contribution in [0, 0.1) is 13.8 Å². The summed E-state index contributed by atoms with van der Waals surface area (Å²) in [5.74, 6) is -0.618. The summed E-state index contributed by atoms with van der Waals surface area (Å²) in [4.78, 5) is 42.2. The van der Waals surface area contributed by atoms with Crippen LogP contribution in [0.4, 0.5) is 0 Å². The number of nitrogens with zero attached hydrogens (tertiary/aromatic N) is 1. The maximum absolute atomic E-state index is 13.9. The van der Waals surface area contributed by atoms with Crippen LogP contribution in [0.1, 0.15) is 46.5 Å². The van der Waals surface area contributed by atoms with Crippen molar-refractivity contribution in [3.8, 4) is 11.5 Å². The van der Waals surface area contributed by atoms with Gasteiger partial charge in [0.15, 0.2) is 6.10 Å². The van der Waals surface area contributed by atoms with Gasteiger partial charge >= 0.3 is 0 Å². The number of amides is 3. The molecule has 9 nitrogen and oxygen atoms in total. The largest absolute Gasteiger partial charge is 0.507 e. The molecule has 2 unspecified atom stereocenters. The number of methoxy groups -OCH3 is 1. The maximum Gasteiger partial charge on any atom is 0.254 e. The lowest BCUT2D eigenvalue weighted by atomic mass is 9.96. The lowest BCUT2D eigenvalue weighted by Crippen LogP contribution is -2.58. The average Bonchev–Trinajstić information content (AvgIpc) is 3.32. The number of benzene rings is 3. The SMILES string of the molecule is COc1cccc(CNC(=O)C2N(C(=O)[C@@H](O)C(Cc3ccccc3)NC(=O)c3ccc(C)c(O)c3C)CSC2(C)C)c1. The standard InChI is InChI=1S/C33H39N3O6S/c1-20-14-15-25(21(2)27(20)37)30(39)35-26(17-22-10-7-6-8-11-22)28(38)32(41)36-19-43-33(3,4)29(36)31(40)34-18-23-12-9-13-24(16-23)42-5/h6-16,26,28-29,37-38H,17-19H2,1-5H3,(H,34,40)(H,35,39)/t26?,28-,29?/m0/s1. The zero-order valence-electron chi connectivity index (χ0n) is 25.1. The average molecular weight is 606 g/mol. The summed E-state index contributed by atoms with van der Waals surface area (Å²) >= 11 is 1.45. The third-order valence-corrected chi connectivity index (χ3v) is 9.18. The lowest BCUT2D eigenvalue weighted by molar-refractivity contribution is -0.147. The fourth-order valence-electron chi connectivity index (χ4n) is 5.26. The molecule has 10 heteroatoms. The Morgan fingerprint density at radius 3 is 2.44 bits per heavy atom. The van der Waals surface area contributed by atoms with E-state index in [1.807, 2.05) is 68.4 Å². The quantitative estimate of drug-likeness (QED) is 0.277. The third kappa shape index (κ3) is 7.32. The Bertz CT molecular complexity index is 1480. The molecule has 0 aliphatic carbocycles. The zero-order chi connectivity index (χ0) is 31.3. The van der Waals surface area contributed by atoms with Crippen LogP contribution in [0.25, 0.3) is 0 Å². The Morgan fingerprint density at radius 2 is 1.74 bits per heavy atom. The van der Waals surface area contributed by atoms with Crippen LogP contribution in [0.15, 0.2) is 66.7 Å². The highest BCUT2D eigenvalue weighted by molar-refractivity contribution is 8.00. The molecule has 4 rings (SSSR count). The molecule has 1 aliphatic rings. The van der Waals surface area contributed by atoms with E-state index in [1.54, 1.807) is 33.1 Å². The molecule has 0 bridgehead atoms. The van der Waals surface area contributed by atoms with Gasteiger partial charge in [-0.3, -0.25) is 14.4 Å². The molecule has 0 aromatic heterocycles. The Morgan fingerprint density at radius 1 is 1.05 bits per heavy atom. The van der Waals surface area contributed by atoms with Gasteiger partial charge in [-0.15, -0.1) is 11.8 Å². The van der Waals surface area contributed by atoms with Crippen molar-refractivity contribution in [2.24, 2.45) is 0 Å². The van der Waals surface area contributed by atoms with Crippen molar-refractivity contribution < 1.29 is 29.3 Å². The highest BCUT2D eigenvalue weighted by Gasteiger charge is 2.49. The minimum Gasteiger partial charge on any atom is -0.507 e. The number of aryl methyl sites for hydroxylation is 1. The molecule has 3 atom stereocenters. The van der Waals surface area contributed by atoms with Crippen molar-refractivity contribution in [2.75, 3.05) is 13.0 Å². The fraction of sp³-hybridized carbons (Fsp3) is 0.364. The number of rotatable bonds is 10. The maximum atomic E-state index is 13.9. The van der Waals surface area contributed by atoms with Crippen molar-refractivity contribution >= 4 is 29.5 Å². The normalized spacial score (nSPS) is 17.2. The van der Waals surface area contributed by atoms with Crippen LogP contribution in [-0.2, 0) is 22.6 Å². The number of phenolic OH excluding ortho intramolecular Hbond substituents is 1. The number of carbonyl (C=O) groups is 3. The van der Waals surface area contributed by atoms with Crippen molar-refractivity contribution in [1.82, 2.24) is 15.5 Å². The molecule has 43 heavy (non-hydrogen) atoms. The summed E-state index contributed by atoms with van der Waals surface area (Å²) < 4.78 is 4.65. The van der Waals surface area contributed by atoms with Gasteiger partial charge in [0.2, 0.25) is 5.91 Å². The van der Waals surface area contributed by atoms with Gasteiger partial charge < -0.3 is 30.5 Å². The third-order valence-electron chi connectivity index (χ3n) is 7.80. The van der Waals surface area contributed by atoms with E-state index in [4.69, 9.17) is 4.74 Å². The molecule has 1 heterocycles. The number of nitrogens with one attached hydrogen (secondary N) is 2. The van der Waals surface area contributed by atoms with Gasteiger partial charge in [-0.05, 0) is 69.0 Å². The monoisotopic (exact) mass is 605 g/mol. The highest BCUT2D eigenvalue weighted by Crippen LogP contribution is 2.40. The number of hydrogen-bond donors (Lipinski definition) is 4. The molecule has 0 saturated carbocycles. The Hall–Kier alpha value is -4.02. The Kier molecular flexibility index (Phi) is 10.0. The number of ether oxygens (including phenoxy) is 1. The second-order valence-corrected chi connectivity index (χ2v) is 12.9. The lowest BCUT2D eigenvalue weighted by Gasteiger charge is -2.33. The molecule has 3 amide bonds. The first kappa shape index (κ1) is 31.9. The predicted octanol–water partition coefficient (Wildman–Crippen LogP) is 3.72. The van der Waals surface area contributed by atoms with Gasteiger partial charge in [0.05, 0.1) is 19.0 Å². The topological polar surface area (TPSA) is 128 Å². The molecular formula is C33H39N3O6S. The molecule has 0 spiro atoms. The number of thioether (sulfide) groups is 1. The van der Waals surface area contributed by atoms with Crippen molar-refractivity contribution in [3.05, 3.63) is 94.5 Å². The van der Waals surface area contributed by atoms with E-state index in [0.717, 1.165) is 11.1 Å². The van der Waals surface area contributed by atoms with E-state index in [2.05, 4.69) is 10.6 Å². The van der Waals surface area contributed by atoms with Crippen LogP contribution in [0.2, 0.25) is 0 Å². The first-order valence-corrected chi connectivity index (χ1v) is 15.1. The molecule has 3 aromatic carbocycles. The Labute approximate surface area is 256 Å². The Balaban J connectivity index is 1.56. The number of carbonyl (C=O) groups excluding carboxylic acids is 3. The smallest absolute Gasteiger partial charge is 0.254 e. The van der Waals surface area contributed by atoms with Gasteiger partial charge in [-0.1, -0.05) is 48.5 Å². The van der Waals surface area contributed by atoms with E-state index in [0.29, 0.717) is 16.9 Å². The summed E-state index contributed by atoms with van der Waals surface area (Å²) in [6, 6.07) is 18.0. The zero-order valence-corrected chi connectivity index (χ0v) is 25.9.